The van der Waals surface area contributed by atoms with Crippen LogP contribution in [-0.4, -0.2) is 50.1 Å². The van der Waals surface area contributed by atoms with E-state index >= 15 is 0 Å². The summed E-state index contributed by atoms with van der Waals surface area (Å²) in [6.45, 7) is 1.85. The first-order chi connectivity index (χ1) is 17.4. The summed E-state index contributed by atoms with van der Waals surface area (Å²) in [7, 11) is 0. The molecule has 0 amide bonds. The molecule has 0 fully saturated rings. The summed E-state index contributed by atoms with van der Waals surface area (Å²) in [6.07, 6.45) is -5.86. The Kier molecular flexibility index (Phi) is 9.34. The Morgan fingerprint density at radius 2 is 1.73 bits per heavy atom. The van der Waals surface area contributed by atoms with E-state index in [-0.39, 0.29) is 44.4 Å². The molecule has 0 radical (unpaired) electrons. The van der Waals surface area contributed by atoms with Crippen LogP contribution in [0.25, 0.3) is 0 Å². The van der Waals surface area contributed by atoms with Crippen molar-refractivity contribution >= 4 is 17.6 Å². The fourth-order valence-corrected chi connectivity index (χ4v) is 4.18. The standard InChI is InChI=1S/C26H28ClF3N2O5/c1-17-14-18(2-7-22(17)37-13-12-32-23(33)8-9-24(32)34)16-31(11-10-26(28,29)30)21(15-25(35)36)19-3-5-20(27)6-4-19/h2-9,14,21,33-34H,10-13,15-16H2,1H3,(H,35,36). The van der Waals surface area contributed by atoms with Gasteiger partial charge in [0.1, 0.15) is 12.4 Å². The summed E-state index contributed by atoms with van der Waals surface area (Å²) in [5.41, 5.74) is 1.98. The molecule has 7 nitrogen and oxygen atoms in total. The number of aliphatic carboxylic acids is 1. The summed E-state index contributed by atoms with van der Waals surface area (Å²) in [6, 6.07) is 13.5. The van der Waals surface area contributed by atoms with E-state index < -0.39 is 24.6 Å². The molecular weight excluding hydrogens is 513 g/mol. The van der Waals surface area contributed by atoms with Crippen molar-refractivity contribution in [2.24, 2.45) is 0 Å². The van der Waals surface area contributed by atoms with Gasteiger partial charge < -0.3 is 20.1 Å². The second-order valence-electron chi connectivity index (χ2n) is 8.65. The normalized spacial score (nSPS) is 12.6. The Balaban J connectivity index is 1.78. The average Bonchev–Trinajstić information content (AvgIpc) is 3.14. The summed E-state index contributed by atoms with van der Waals surface area (Å²) in [4.78, 5) is 13.1. The number of aryl methyl sites for hydroxylation is 1. The number of rotatable bonds is 12. The van der Waals surface area contributed by atoms with Crippen LogP contribution in [0.3, 0.4) is 0 Å². The Hall–Kier alpha value is -3.37. The van der Waals surface area contributed by atoms with E-state index in [0.29, 0.717) is 21.9 Å². The summed E-state index contributed by atoms with van der Waals surface area (Å²) in [5, 5.41) is 29.4. The van der Waals surface area contributed by atoms with Gasteiger partial charge >= 0.3 is 12.1 Å². The first-order valence-electron chi connectivity index (χ1n) is 11.5. The monoisotopic (exact) mass is 540 g/mol. The van der Waals surface area contributed by atoms with Crippen molar-refractivity contribution in [2.75, 3.05) is 13.2 Å². The molecule has 1 atom stereocenters. The fraction of sp³-hybridized carbons (Fsp3) is 0.346. The number of carboxylic acid groups (broad SMARTS) is 1. The molecule has 1 aromatic heterocycles. The minimum absolute atomic E-state index is 0.0862. The maximum Gasteiger partial charge on any atom is 0.390 e. The minimum Gasteiger partial charge on any atom is -0.494 e. The second kappa shape index (κ2) is 12.2. The fourth-order valence-electron chi connectivity index (χ4n) is 4.05. The molecule has 0 saturated heterocycles. The molecule has 0 spiro atoms. The number of hydrogen-bond acceptors (Lipinski definition) is 5. The third-order valence-corrected chi connectivity index (χ3v) is 6.13. The van der Waals surface area contributed by atoms with Crippen molar-refractivity contribution in [3.8, 4) is 17.5 Å². The third-order valence-electron chi connectivity index (χ3n) is 5.88. The number of alkyl halides is 3. The SMILES string of the molecule is Cc1cc(CN(CCC(F)(F)F)C(CC(=O)O)c2ccc(Cl)cc2)ccc1OCCn1c(O)ccc1O. The van der Waals surface area contributed by atoms with Crippen LogP contribution in [0.2, 0.25) is 5.02 Å². The molecular formula is C26H28ClF3N2O5. The Morgan fingerprint density at radius 3 is 2.30 bits per heavy atom. The highest BCUT2D eigenvalue weighted by Gasteiger charge is 2.31. The predicted octanol–water partition coefficient (Wildman–Crippen LogP) is 5.91. The number of aromatic hydroxyl groups is 2. The number of halogens is 4. The largest absolute Gasteiger partial charge is 0.494 e. The minimum atomic E-state index is -4.40. The van der Waals surface area contributed by atoms with Gasteiger partial charge in [0.25, 0.3) is 0 Å². The topological polar surface area (TPSA) is 95.2 Å². The van der Waals surface area contributed by atoms with Gasteiger partial charge in [-0.25, -0.2) is 0 Å². The van der Waals surface area contributed by atoms with Crippen molar-refractivity contribution < 1.29 is 38.0 Å². The molecule has 0 bridgehead atoms. The van der Waals surface area contributed by atoms with Gasteiger partial charge in [0.2, 0.25) is 0 Å². The van der Waals surface area contributed by atoms with Crippen molar-refractivity contribution in [3.63, 3.8) is 0 Å². The van der Waals surface area contributed by atoms with E-state index in [1.54, 1.807) is 49.4 Å². The zero-order valence-corrected chi connectivity index (χ0v) is 20.8. The highest BCUT2D eigenvalue weighted by Crippen LogP contribution is 2.31. The summed E-state index contributed by atoms with van der Waals surface area (Å²) < 4.78 is 46.4. The highest BCUT2D eigenvalue weighted by atomic mass is 35.5. The predicted molar refractivity (Wildman–Crippen MR) is 132 cm³/mol. The Bertz CT molecular complexity index is 1180. The summed E-state index contributed by atoms with van der Waals surface area (Å²) in [5.74, 6) is -0.777. The zero-order chi connectivity index (χ0) is 27.2. The van der Waals surface area contributed by atoms with Crippen LogP contribution in [-0.2, 0) is 17.9 Å². The number of benzene rings is 2. The van der Waals surface area contributed by atoms with Crippen molar-refractivity contribution in [3.05, 3.63) is 76.3 Å². The Labute approximate surface area is 217 Å². The van der Waals surface area contributed by atoms with E-state index in [9.17, 15) is 33.3 Å². The lowest BCUT2D eigenvalue weighted by atomic mass is 10.00. The smallest absolute Gasteiger partial charge is 0.390 e. The molecule has 37 heavy (non-hydrogen) atoms. The molecule has 0 aliphatic rings. The number of ether oxygens (including phenoxy) is 1. The molecule has 0 aliphatic carbocycles. The second-order valence-corrected chi connectivity index (χ2v) is 9.09. The van der Waals surface area contributed by atoms with E-state index in [1.165, 1.54) is 21.6 Å². The molecule has 11 heteroatoms. The summed E-state index contributed by atoms with van der Waals surface area (Å²) >= 11 is 5.95. The lowest BCUT2D eigenvalue weighted by molar-refractivity contribution is -0.142. The van der Waals surface area contributed by atoms with Crippen molar-refractivity contribution in [2.45, 2.75) is 45.1 Å². The lowest BCUT2D eigenvalue weighted by Crippen LogP contribution is -2.33. The van der Waals surface area contributed by atoms with Crippen LogP contribution in [0, 0.1) is 6.92 Å². The van der Waals surface area contributed by atoms with Gasteiger partial charge in [-0.2, -0.15) is 13.2 Å². The highest BCUT2D eigenvalue weighted by molar-refractivity contribution is 6.30. The molecule has 3 N–H and O–H groups in total. The van der Waals surface area contributed by atoms with Crippen molar-refractivity contribution in [1.82, 2.24) is 9.47 Å². The first kappa shape index (κ1) is 28.2. The molecule has 1 unspecified atom stereocenters. The van der Waals surface area contributed by atoms with Gasteiger partial charge in [-0.3, -0.25) is 14.3 Å². The van der Waals surface area contributed by atoms with E-state index in [4.69, 9.17) is 16.3 Å². The van der Waals surface area contributed by atoms with E-state index in [1.807, 2.05) is 0 Å². The van der Waals surface area contributed by atoms with Gasteiger partial charge in [-0.05, 0) is 41.8 Å². The maximum atomic E-state index is 13.1. The van der Waals surface area contributed by atoms with Crippen LogP contribution in [0.15, 0.2) is 54.6 Å². The van der Waals surface area contributed by atoms with E-state index in [0.717, 1.165) is 5.56 Å². The third kappa shape index (κ3) is 8.33. The van der Waals surface area contributed by atoms with Crippen LogP contribution >= 0.6 is 11.6 Å². The average molecular weight is 541 g/mol. The van der Waals surface area contributed by atoms with Crippen LogP contribution < -0.4 is 4.74 Å². The lowest BCUT2D eigenvalue weighted by Gasteiger charge is -2.32. The van der Waals surface area contributed by atoms with Crippen LogP contribution in [0.1, 0.15) is 35.6 Å². The molecule has 3 rings (SSSR count). The number of carboxylic acids is 1. The zero-order valence-electron chi connectivity index (χ0n) is 20.1. The van der Waals surface area contributed by atoms with Gasteiger partial charge in [0, 0.05) is 36.3 Å². The number of aromatic nitrogens is 1. The molecule has 1 heterocycles. The quantitative estimate of drug-likeness (QED) is 0.264. The first-order valence-corrected chi connectivity index (χ1v) is 11.9. The van der Waals surface area contributed by atoms with Crippen LogP contribution in [0.5, 0.6) is 17.5 Å². The van der Waals surface area contributed by atoms with Gasteiger partial charge in [-0.1, -0.05) is 35.9 Å². The van der Waals surface area contributed by atoms with E-state index in [2.05, 4.69) is 0 Å². The number of hydrogen-bond donors (Lipinski definition) is 3. The number of nitrogens with zero attached hydrogens (tertiary/aromatic N) is 2. The maximum absolute atomic E-state index is 13.1. The molecule has 200 valence electrons. The molecule has 2 aromatic carbocycles. The van der Waals surface area contributed by atoms with Crippen molar-refractivity contribution in [1.29, 1.82) is 0 Å². The van der Waals surface area contributed by atoms with Gasteiger partial charge in [0.05, 0.1) is 19.4 Å². The Morgan fingerprint density at radius 1 is 1.08 bits per heavy atom. The van der Waals surface area contributed by atoms with Gasteiger partial charge in [0.15, 0.2) is 11.8 Å². The molecule has 0 saturated carbocycles. The molecule has 0 aliphatic heterocycles. The van der Waals surface area contributed by atoms with Gasteiger partial charge in [-0.15, -0.1) is 0 Å². The number of carbonyl (C=O) groups is 1. The molecule has 3 aromatic rings. The van der Waals surface area contributed by atoms with Crippen LogP contribution in [0.4, 0.5) is 13.2 Å².